The lowest BCUT2D eigenvalue weighted by molar-refractivity contribution is -0.128. The molecule has 0 bridgehead atoms. The molecule has 1 aliphatic rings. The number of nitrogens with zero attached hydrogens (tertiary/aromatic N) is 1. The third-order valence-electron chi connectivity index (χ3n) is 4.56. The maximum absolute atomic E-state index is 12.4. The van der Waals surface area contributed by atoms with Gasteiger partial charge in [0.2, 0.25) is 0 Å². The molecule has 26 heavy (non-hydrogen) atoms. The Labute approximate surface area is 153 Å². The van der Waals surface area contributed by atoms with E-state index in [1.165, 1.54) is 6.26 Å². The summed E-state index contributed by atoms with van der Waals surface area (Å²) in [5.74, 6) is 0.793. The van der Waals surface area contributed by atoms with Gasteiger partial charge in [-0.3, -0.25) is 9.59 Å². The van der Waals surface area contributed by atoms with Gasteiger partial charge in [0, 0.05) is 19.1 Å². The van der Waals surface area contributed by atoms with E-state index in [1.54, 1.807) is 24.0 Å². The van der Waals surface area contributed by atoms with Crippen molar-refractivity contribution in [2.45, 2.75) is 38.8 Å². The molecule has 6 heteroatoms. The number of carbonyl (C=O) groups is 2. The highest BCUT2D eigenvalue weighted by molar-refractivity contribution is 5.91. The zero-order valence-corrected chi connectivity index (χ0v) is 15.1. The van der Waals surface area contributed by atoms with Crippen molar-refractivity contribution in [1.82, 2.24) is 10.2 Å². The van der Waals surface area contributed by atoms with Gasteiger partial charge in [0.25, 0.3) is 11.8 Å². The molecule has 1 aromatic heterocycles. The molecule has 1 aliphatic heterocycles. The van der Waals surface area contributed by atoms with Gasteiger partial charge in [0.05, 0.1) is 6.26 Å². The average Bonchev–Trinajstić information content (AvgIpc) is 3.18. The van der Waals surface area contributed by atoms with Crippen molar-refractivity contribution in [3.05, 3.63) is 54.0 Å². The molecule has 1 aromatic carbocycles. The Bertz CT molecular complexity index is 732. The van der Waals surface area contributed by atoms with E-state index in [0.717, 1.165) is 18.4 Å². The predicted molar refractivity (Wildman–Crippen MR) is 97.0 cm³/mol. The van der Waals surface area contributed by atoms with Crippen LogP contribution in [0.1, 0.15) is 35.9 Å². The van der Waals surface area contributed by atoms with E-state index in [9.17, 15) is 9.59 Å². The minimum absolute atomic E-state index is 0.0484. The molecule has 1 N–H and O–H groups in total. The fraction of sp³-hybridized carbons (Fsp3) is 0.400. The summed E-state index contributed by atoms with van der Waals surface area (Å²) in [4.78, 5) is 26.4. The Hall–Kier alpha value is -2.76. The fourth-order valence-corrected chi connectivity index (χ4v) is 2.98. The van der Waals surface area contributed by atoms with Crippen molar-refractivity contribution in [3.63, 3.8) is 0 Å². The van der Waals surface area contributed by atoms with Crippen LogP contribution >= 0.6 is 0 Å². The van der Waals surface area contributed by atoms with Gasteiger partial charge in [-0.25, -0.2) is 0 Å². The van der Waals surface area contributed by atoms with Crippen molar-refractivity contribution >= 4 is 11.8 Å². The summed E-state index contributed by atoms with van der Waals surface area (Å²) in [6, 6.07) is 11.0. The highest BCUT2D eigenvalue weighted by Crippen LogP contribution is 2.16. The Morgan fingerprint density at radius 1 is 1.19 bits per heavy atom. The van der Waals surface area contributed by atoms with Gasteiger partial charge in [0.15, 0.2) is 11.9 Å². The monoisotopic (exact) mass is 356 g/mol. The minimum Gasteiger partial charge on any atom is -0.481 e. The van der Waals surface area contributed by atoms with Crippen LogP contribution in [-0.4, -0.2) is 41.9 Å². The third-order valence-corrected chi connectivity index (χ3v) is 4.56. The topological polar surface area (TPSA) is 71.8 Å². The second-order valence-corrected chi connectivity index (χ2v) is 6.63. The number of furan rings is 1. The Morgan fingerprint density at radius 3 is 2.50 bits per heavy atom. The van der Waals surface area contributed by atoms with Crippen molar-refractivity contribution in [3.8, 4) is 5.75 Å². The summed E-state index contributed by atoms with van der Waals surface area (Å²) < 4.78 is 10.8. The number of ether oxygens (including phenoxy) is 1. The van der Waals surface area contributed by atoms with E-state index in [4.69, 9.17) is 9.15 Å². The number of benzene rings is 1. The number of rotatable bonds is 5. The van der Waals surface area contributed by atoms with Crippen LogP contribution in [0.4, 0.5) is 0 Å². The number of carbonyl (C=O) groups excluding carboxylic acids is 2. The van der Waals surface area contributed by atoms with E-state index in [2.05, 4.69) is 5.32 Å². The Morgan fingerprint density at radius 2 is 1.88 bits per heavy atom. The second kappa shape index (κ2) is 8.08. The van der Waals surface area contributed by atoms with Crippen LogP contribution in [0.2, 0.25) is 0 Å². The molecule has 0 radical (unpaired) electrons. The van der Waals surface area contributed by atoms with Crippen molar-refractivity contribution in [1.29, 1.82) is 0 Å². The van der Waals surface area contributed by atoms with Gasteiger partial charge < -0.3 is 19.4 Å². The number of aryl methyl sites for hydroxylation is 1. The molecule has 1 saturated heterocycles. The zero-order valence-electron chi connectivity index (χ0n) is 15.1. The molecular weight excluding hydrogens is 332 g/mol. The highest BCUT2D eigenvalue weighted by atomic mass is 16.5. The molecule has 3 rings (SSSR count). The molecule has 0 aliphatic carbocycles. The van der Waals surface area contributed by atoms with Crippen molar-refractivity contribution in [2.75, 3.05) is 13.1 Å². The van der Waals surface area contributed by atoms with Gasteiger partial charge >= 0.3 is 0 Å². The lowest BCUT2D eigenvalue weighted by Gasteiger charge is -2.32. The minimum atomic E-state index is -0.569. The summed E-state index contributed by atoms with van der Waals surface area (Å²) in [7, 11) is 0. The van der Waals surface area contributed by atoms with Crippen LogP contribution in [0.3, 0.4) is 0 Å². The lowest BCUT2D eigenvalue weighted by Crippen LogP contribution is -2.49. The summed E-state index contributed by atoms with van der Waals surface area (Å²) in [5.41, 5.74) is 1.14. The number of hydrogen-bond donors (Lipinski definition) is 1. The summed E-state index contributed by atoms with van der Waals surface area (Å²) in [6.45, 7) is 4.93. The highest BCUT2D eigenvalue weighted by Gasteiger charge is 2.27. The largest absolute Gasteiger partial charge is 0.481 e. The smallest absolute Gasteiger partial charge is 0.289 e. The first-order valence-corrected chi connectivity index (χ1v) is 8.89. The van der Waals surface area contributed by atoms with Crippen LogP contribution in [-0.2, 0) is 4.79 Å². The molecule has 6 nitrogen and oxygen atoms in total. The number of nitrogens with one attached hydrogen (secondary N) is 1. The lowest BCUT2D eigenvalue weighted by atomic mass is 10.0. The van der Waals surface area contributed by atoms with Gasteiger partial charge in [-0.05, 0) is 51.0 Å². The first-order chi connectivity index (χ1) is 12.5. The molecular formula is C20H24N2O4. The maximum Gasteiger partial charge on any atom is 0.289 e. The average molecular weight is 356 g/mol. The molecule has 0 saturated carbocycles. The van der Waals surface area contributed by atoms with Gasteiger partial charge in [-0.2, -0.15) is 0 Å². The first kappa shape index (κ1) is 18.0. The van der Waals surface area contributed by atoms with Gasteiger partial charge in [-0.15, -0.1) is 0 Å². The number of piperidine rings is 1. The molecule has 1 atom stereocenters. The van der Waals surface area contributed by atoms with Crippen LogP contribution in [0.15, 0.2) is 47.1 Å². The SMILES string of the molecule is Cc1ccc(OC(C)C(=O)NC2CCN(C(=O)c3ccco3)CC2)cc1. The zero-order chi connectivity index (χ0) is 18.5. The Balaban J connectivity index is 1.45. The quantitative estimate of drug-likeness (QED) is 0.894. The molecule has 138 valence electrons. The third kappa shape index (κ3) is 4.45. The van der Waals surface area contributed by atoms with Crippen LogP contribution < -0.4 is 10.1 Å². The fourth-order valence-electron chi connectivity index (χ4n) is 2.98. The maximum atomic E-state index is 12.4. The summed E-state index contributed by atoms with van der Waals surface area (Å²) in [5, 5.41) is 3.02. The first-order valence-electron chi connectivity index (χ1n) is 8.89. The molecule has 2 heterocycles. The predicted octanol–water partition coefficient (Wildman–Crippen LogP) is 2.78. The number of likely N-dealkylation sites (tertiary alicyclic amines) is 1. The number of amides is 2. The molecule has 2 aromatic rings. The second-order valence-electron chi connectivity index (χ2n) is 6.63. The van der Waals surface area contributed by atoms with Crippen LogP contribution in [0.25, 0.3) is 0 Å². The van der Waals surface area contributed by atoms with Crippen LogP contribution in [0.5, 0.6) is 5.75 Å². The van der Waals surface area contributed by atoms with E-state index in [-0.39, 0.29) is 17.9 Å². The number of hydrogen-bond acceptors (Lipinski definition) is 4. The molecule has 1 fully saturated rings. The van der Waals surface area contributed by atoms with E-state index < -0.39 is 6.10 Å². The normalized spacial score (nSPS) is 16.2. The van der Waals surface area contributed by atoms with Crippen molar-refractivity contribution < 1.29 is 18.7 Å². The summed E-state index contributed by atoms with van der Waals surface area (Å²) >= 11 is 0. The van der Waals surface area contributed by atoms with Crippen LogP contribution in [0, 0.1) is 6.92 Å². The van der Waals surface area contributed by atoms with E-state index in [0.29, 0.717) is 24.6 Å². The molecule has 2 amide bonds. The van der Waals surface area contributed by atoms with Gasteiger partial charge in [-0.1, -0.05) is 17.7 Å². The standard InChI is InChI=1S/C20H24N2O4/c1-14-5-7-17(8-6-14)26-15(2)19(23)21-16-9-11-22(12-10-16)20(24)18-4-3-13-25-18/h3-8,13,15-16H,9-12H2,1-2H3,(H,21,23). The Kier molecular flexibility index (Phi) is 5.61. The molecule has 0 spiro atoms. The van der Waals surface area contributed by atoms with Gasteiger partial charge in [0.1, 0.15) is 5.75 Å². The van der Waals surface area contributed by atoms with E-state index >= 15 is 0 Å². The van der Waals surface area contributed by atoms with E-state index in [1.807, 2.05) is 31.2 Å². The summed E-state index contributed by atoms with van der Waals surface area (Å²) in [6.07, 6.45) is 2.36. The van der Waals surface area contributed by atoms with Crippen molar-refractivity contribution in [2.24, 2.45) is 0 Å². The molecule has 1 unspecified atom stereocenters.